The van der Waals surface area contributed by atoms with Crippen LogP contribution in [0.1, 0.15) is 77.7 Å². The second kappa shape index (κ2) is 9.34. The lowest BCUT2D eigenvalue weighted by Gasteiger charge is -2.59. The van der Waals surface area contributed by atoms with Crippen LogP contribution in [0.5, 0.6) is 0 Å². The van der Waals surface area contributed by atoms with E-state index >= 15 is 0 Å². The summed E-state index contributed by atoms with van der Waals surface area (Å²) in [5.74, 6) is -3.10. The van der Waals surface area contributed by atoms with Crippen LogP contribution >= 0.6 is 0 Å². The van der Waals surface area contributed by atoms with Gasteiger partial charge in [-0.15, -0.1) is 0 Å². The molecule has 200 valence electrons. The molecule has 1 aliphatic heterocycles. The Labute approximate surface area is 212 Å². The third-order valence-electron chi connectivity index (χ3n) is 8.91. The number of rotatable bonds is 7. The van der Waals surface area contributed by atoms with Gasteiger partial charge in [-0.25, -0.2) is 0 Å². The van der Waals surface area contributed by atoms with E-state index in [0.29, 0.717) is 32.4 Å². The minimum Gasteiger partial charge on any atom is -0.481 e. The summed E-state index contributed by atoms with van der Waals surface area (Å²) < 4.78 is 40.8. The number of amides is 1. The fourth-order valence-electron chi connectivity index (χ4n) is 6.88. The molecule has 1 heterocycles. The smallest absolute Gasteiger partial charge is 0.471 e. The van der Waals surface area contributed by atoms with Crippen LogP contribution in [0.2, 0.25) is 0 Å². The summed E-state index contributed by atoms with van der Waals surface area (Å²) in [6, 6.07) is 9.00. The highest BCUT2D eigenvalue weighted by molar-refractivity contribution is 5.82. The largest absolute Gasteiger partial charge is 0.481 e. The molecule has 1 aromatic carbocycles. The number of benzene rings is 1. The van der Waals surface area contributed by atoms with Gasteiger partial charge in [0.05, 0.1) is 5.92 Å². The molecule has 8 heteroatoms. The lowest BCUT2D eigenvalue weighted by atomic mass is 9.58. The molecule has 1 aromatic rings. The van der Waals surface area contributed by atoms with E-state index in [2.05, 4.69) is 4.90 Å². The summed E-state index contributed by atoms with van der Waals surface area (Å²) >= 11 is 0. The van der Waals surface area contributed by atoms with Crippen molar-refractivity contribution in [3.8, 4) is 0 Å². The molecule has 3 fully saturated rings. The van der Waals surface area contributed by atoms with Crippen LogP contribution in [-0.2, 0) is 9.59 Å². The summed E-state index contributed by atoms with van der Waals surface area (Å²) in [5.41, 5.74) is -0.285. The van der Waals surface area contributed by atoms with E-state index in [1.165, 1.54) is 0 Å². The molecule has 2 saturated carbocycles. The Morgan fingerprint density at radius 1 is 1.08 bits per heavy atom. The molecule has 1 saturated heterocycles. The van der Waals surface area contributed by atoms with Crippen molar-refractivity contribution < 1.29 is 27.9 Å². The highest BCUT2D eigenvalue weighted by atomic mass is 19.4. The molecule has 4 rings (SSSR count). The Kier molecular flexibility index (Phi) is 6.99. The van der Waals surface area contributed by atoms with Crippen molar-refractivity contribution in [2.24, 2.45) is 16.7 Å². The van der Waals surface area contributed by atoms with Crippen LogP contribution in [0, 0.1) is 16.7 Å². The van der Waals surface area contributed by atoms with Gasteiger partial charge in [0, 0.05) is 24.0 Å². The van der Waals surface area contributed by atoms with Gasteiger partial charge in [-0.2, -0.15) is 13.2 Å². The van der Waals surface area contributed by atoms with Crippen LogP contribution in [-0.4, -0.2) is 64.2 Å². The SMILES string of the molecule is CC1(CN(C(=O)C(F)(F)F)[C@@H]2C[C@H]2c2ccccc2)CCN(C2(C(C(=O)O)C(C)(C)C)CCC2)CC1. The molecular formula is C28H39F3N2O3. The van der Waals surface area contributed by atoms with E-state index in [9.17, 15) is 27.9 Å². The number of carbonyl (C=O) groups excluding carboxylic acids is 1. The number of piperidine rings is 1. The molecule has 0 bridgehead atoms. The summed E-state index contributed by atoms with van der Waals surface area (Å²) in [6.07, 6.45) is -0.439. The number of carbonyl (C=O) groups is 2. The molecule has 3 aliphatic rings. The second-order valence-electron chi connectivity index (χ2n) is 12.6. The van der Waals surface area contributed by atoms with Crippen molar-refractivity contribution in [3.05, 3.63) is 35.9 Å². The molecule has 0 radical (unpaired) electrons. The molecule has 5 nitrogen and oxygen atoms in total. The van der Waals surface area contributed by atoms with Crippen LogP contribution in [0.4, 0.5) is 13.2 Å². The lowest BCUT2D eigenvalue weighted by molar-refractivity contribution is -0.188. The zero-order chi connectivity index (χ0) is 26.5. The van der Waals surface area contributed by atoms with Gasteiger partial charge in [0.2, 0.25) is 0 Å². The van der Waals surface area contributed by atoms with Gasteiger partial charge >= 0.3 is 18.1 Å². The average molecular weight is 509 g/mol. The van der Waals surface area contributed by atoms with E-state index in [1.54, 1.807) is 0 Å². The first-order valence-electron chi connectivity index (χ1n) is 13.1. The maximum absolute atomic E-state index is 13.6. The third kappa shape index (κ3) is 5.15. The molecule has 3 atom stereocenters. The Morgan fingerprint density at radius 2 is 1.67 bits per heavy atom. The van der Waals surface area contributed by atoms with Gasteiger partial charge in [-0.05, 0) is 68.0 Å². The van der Waals surface area contributed by atoms with E-state index < -0.39 is 46.4 Å². The minimum absolute atomic E-state index is 0.0671. The fraction of sp³-hybridized carbons (Fsp3) is 0.714. The molecule has 1 N–H and O–H groups in total. The predicted molar refractivity (Wildman–Crippen MR) is 131 cm³/mol. The number of alkyl halides is 3. The average Bonchev–Trinajstić information content (AvgIpc) is 3.54. The van der Waals surface area contributed by atoms with Gasteiger partial charge in [0.25, 0.3) is 0 Å². The zero-order valence-electron chi connectivity index (χ0n) is 21.8. The number of nitrogens with zero attached hydrogens (tertiary/aromatic N) is 2. The van der Waals surface area contributed by atoms with E-state index in [1.807, 2.05) is 58.0 Å². The van der Waals surface area contributed by atoms with Crippen LogP contribution in [0.3, 0.4) is 0 Å². The van der Waals surface area contributed by atoms with Gasteiger partial charge in [0.1, 0.15) is 0 Å². The molecule has 0 aromatic heterocycles. The molecular weight excluding hydrogens is 469 g/mol. The number of hydrogen-bond donors (Lipinski definition) is 1. The first kappa shape index (κ1) is 27.0. The lowest BCUT2D eigenvalue weighted by Crippen LogP contribution is -2.65. The maximum Gasteiger partial charge on any atom is 0.471 e. The summed E-state index contributed by atoms with van der Waals surface area (Å²) in [4.78, 5) is 28.2. The number of carboxylic acid groups (broad SMARTS) is 1. The number of likely N-dealkylation sites (tertiary alicyclic amines) is 1. The van der Waals surface area contributed by atoms with Crippen LogP contribution in [0.25, 0.3) is 0 Å². The zero-order valence-corrected chi connectivity index (χ0v) is 21.8. The molecule has 36 heavy (non-hydrogen) atoms. The quantitative estimate of drug-likeness (QED) is 0.513. The first-order chi connectivity index (χ1) is 16.7. The van der Waals surface area contributed by atoms with E-state index in [0.717, 1.165) is 29.7 Å². The van der Waals surface area contributed by atoms with Crippen LogP contribution in [0.15, 0.2) is 30.3 Å². The van der Waals surface area contributed by atoms with Crippen molar-refractivity contribution in [2.45, 2.75) is 89.9 Å². The fourth-order valence-corrected chi connectivity index (χ4v) is 6.88. The maximum atomic E-state index is 13.6. The Balaban J connectivity index is 1.49. The van der Waals surface area contributed by atoms with Gasteiger partial charge in [-0.3, -0.25) is 14.5 Å². The van der Waals surface area contributed by atoms with E-state index in [4.69, 9.17) is 0 Å². The number of hydrogen-bond acceptors (Lipinski definition) is 3. The summed E-state index contributed by atoms with van der Waals surface area (Å²) in [5, 5.41) is 10.1. The molecule has 1 unspecified atom stereocenters. The predicted octanol–water partition coefficient (Wildman–Crippen LogP) is 5.71. The van der Waals surface area contributed by atoms with Crippen molar-refractivity contribution >= 4 is 11.9 Å². The first-order valence-corrected chi connectivity index (χ1v) is 13.1. The highest BCUT2D eigenvalue weighted by Crippen LogP contribution is 2.53. The normalized spacial score (nSPS) is 26.5. The Hall–Kier alpha value is -2.09. The van der Waals surface area contributed by atoms with Gasteiger partial charge < -0.3 is 10.0 Å². The Morgan fingerprint density at radius 3 is 2.11 bits per heavy atom. The third-order valence-corrected chi connectivity index (χ3v) is 8.91. The van der Waals surface area contributed by atoms with Crippen molar-refractivity contribution in [1.82, 2.24) is 9.80 Å². The number of halogens is 3. The molecule has 1 amide bonds. The Bertz CT molecular complexity index is 960. The molecule has 0 spiro atoms. The van der Waals surface area contributed by atoms with Crippen molar-refractivity contribution in [2.75, 3.05) is 19.6 Å². The summed E-state index contributed by atoms with van der Waals surface area (Å²) in [6.45, 7) is 9.24. The monoisotopic (exact) mass is 508 g/mol. The van der Waals surface area contributed by atoms with Gasteiger partial charge in [0.15, 0.2) is 0 Å². The number of aliphatic carboxylic acids is 1. The molecule has 2 aliphatic carbocycles. The number of carboxylic acids is 1. The van der Waals surface area contributed by atoms with Crippen LogP contribution < -0.4 is 0 Å². The highest BCUT2D eigenvalue weighted by Gasteiger charge is 2.58. The minimum atomic E-state index is -4.90. The summed E-state index contributed by atoms with van der Waals surface area (Å²) in [7, 11) is 0. The van der Waals surface area contributed by atoms with Crippen molar-refractivity contribution in [1.29, 1.82) is 0 Å². The van der Waals surface area contributed by atoms with Gasteiger partial charge in [-0.1, -0.05) is 58.0 Å². The topological polar surface area (TPSA) is 60.9 Å². The van der Waals surface area contributed by atoms with Crippen molar-refractivity contribution in [3.63, 3.8) is 0 Å². The van der Waals surface area contributed by atoms with E-state index in [-0.39, 0.29) is 12.5 Å². The second-order valence-corrected chi connectivity index (χ2v) is 12.6. The standard InChI is InChI=1S/C28H39F3N2O3/c1-25(2,3)22(23(34)35)27(11-8-12-27)32-15-13-26(4,14-16-32)18-33(24(36)28(29,30)31)21-17-20(21)19-9-6-5-7-10-19/h5-7,9-10,20-22H,8,11-18H2,1-4H3,(H,34,35)/t20-,21+,22?/m0/s1.